The summed E-state index contributed by atoms with van der Waals surface area (Å²) in [6.07, 6.45) is 3.35. The van der Waals surface area contributed by atoms with Gasteiger partial charge in [-0.2, -0.15) is 0 Å². The van der Waals surface area contributed by atoms with E-state index in [-0.39, 0.29) is 23.9 Å². The predicted octanol–water partition coefficient (Wildman–Crippen LogP) is 4.22. The number of benzene rings is 2. The molecule has 2 N–H and O–H groups in total. The highest BCUT2D eigenvalue weighted by molar-refractivity contribution is 6.06. The lowest BCUT2D eigenvalue weighted by Crippen LogP contribution is -2.32. The molecule has 0 radical (unpaired) electrons. The van der Waals surface area contributed by atoms with Gasteiger partial charge in [-0.15, -0.1) is 0 Å². The highest BCUT2D eigenvalue weighted by Gasteiger charge is 2.22. The molecule has 40 heavy (non-hydrogen) atoms. The smallest absolute Gasteiger partial charge is 0.264 e. The second kappa shape index (κ2) is 11.2. The highest BCUT2D eigenvalue weighted by atomic mass is 16.2. The van der Waals surface area contributed by atoms with Gasteiger partial charge in [0.15, 0.2) is 0 Å². The number of nitrogens with one attached hydrogen (secondary N) is 2. The third kappa shape index (κ3) is 5.18. The molecule has 8 nitrogen and oxygen atoms in total. The van der Waals surface area contributed by atoms with Crippen LogP contribution in [0.3, 0.4) is 0 Å². The Morgan fingerprint density at radius 2 is 1.77 bits per heavy atom. The van der Waals surface area contributed by atoms with E-state index in [0.29, 0.717) is 44.5 Å². The maximum atomic E-state index is 14.1. The zero-order chi connectivity index (χ0) is 28.2. The molecule has 0 saturated heterocycles. The molecule has 0 aliphatic rings. The number of para-hydroxylation sites is 1. The van der Waals surface area contributed by atoms with E-state index in [1.165, 1.54) is 6.92 Å². The van der Waals surface area contributed by atoms with Crippen LogP contribution in [0, 0.1) is 18.8 Å². The van der Waals surface area contributed by atoms with Crippen LogP contribution < -0.4 is 16.2 Å². The lowest BCUT2D eigenvalue weighted by molar-refractivity contribution is -0.118. The monoisotopic (exact) mass is 529 g/mol. The Balaban J connectivity index is 1.62. The maximum absolute atomic E-state index is 14.1. The van der Waals surface area contributed by atoms with Crippen LogP contribution in [0.4, 0.5) is 0 Å². The Morgan fingerprint density at radius 3 is 2.55 bits per heavy atom. The lowest BCUT2D eigenvalue weighted by Gasteiger charge is -2.22. The van der Waals surface area contributed by atoms with Crippen molar-refractivity contribution in [2.24, 2.45) is 0 Å². The molecular weight excluding hydrogens is 502 g/mol. The molecule has 0 fully saturated rings. The summed E-state index contributed by atoms with van der Waals surface area (Å²) in [6.45, 7) is 5.22. The van der Waals surface area contributed by atoms with E-state index < -0.39 is 6.04 Å². The van der Waals surface area contributed by atoms with E-state index in [1.807, 2.05) is 61.5 Å². The first-order chi connectivity index (χ1) is 19.3. The van der Waals surface area contributed by atoms with Gasteiger partial charge < -0.3 is 10.6 Å². The minimum absolute atomic E-state index is 0.176. The number of carbonyl (C=O) groups excluding carboxylic acids is 2. The summed E-state index contributed by atoms with van der Waals surface area (Å²) in [5, 5.41) is 7.64. The summed E-state index contributed by atoms with van der Waals surface area (Å²) < 4.78 is 1.61. The molecule has 0 saturated carbocycles. The zero-order valence-corrected chi connectivity index (χ0v) is 22.4. The SMILES string of the molecule is CC(=O)NCC#Cc1cccc2cc(C(C)NC(=O)c3c(C)ncc4cccnc34)n(-c3ccccc3)c(=O)c12. The van der Waals surface area contributed by atoms with Crippen molar-refractivity contribution in [3.05, 3.63) is 112 Å². The van der Waals surface area contributed by atoms with Crippen LogP contribution in [-0.4, -0.2) is 32.9 Å². The number of nitrogens with zero attached hydrogens (tertiary/aromatic N) is 3. The minimum atomic E-state index is -0.544. The first-order valence-corrected chi connectivity index (χ1v) is 12.8. The van der Waals surface area contributed by atoms with Gasteiger partial charge in [0.25, 0.3) is 11.5 Å². The average molecular weight is 530 g/mol. The van der Waals surface area contributed by atoms with Gasteiger partial charge in [-0.3, -0.25) is 28.9 Å². The number of aryl methyl sites for hydroxylation is 1. The molecule has 0 aliphatic carbocycles. The summed E-state index contributed by atoms with van der Waals surface area (Å²) in [6, 6.07) is 19.8. The molecule has 5 rings (SSSR count). The van der Waals surface area contributed by atoms with Gasteiger partial charge in [-0.1, -0.05) is 42.2 Å². The molecule has 0 spiro atoms. The molecule has 8 heteroatoms. The molecule has 2 aromatic carbocycles. The number of fused-ring (bicyclic) bond motifs is 2. The third-order valence-electron chi connectivity index (χ3n) is 6.59. The number of amides is 2. The lowest BCUT2D eigenvalue weighted by atomic mass is 10.0. The standard InChI is InChI=1S/C32H27N5O3/c1-20(36-31(39)28-21(2)35-19-25-13-9-17-34-30(25)28)27-18-24-11-7-10-23(12-8-16-33-22(3)38)29(24)32(40)37(27)26-14-5-4-6-15-26/h4-7,9-11,13-15,17-20H,16H2,1-3H3,(H,33,38)(H,36,39). The zero-order valence-electron chi connectivity index (χ0n) is 22.4. The van der Waals surface area contributed by atoms with E-state index >= 15 is 0 Å². The number of carbonyl (C=O) groups is 2. The Hall–Kier alpha value is -5.29. The van der Waals surface area contributed by atoms with Crippen molar-refractivity contribution in [3.63, 3.8) is 0 Å². The second-order valence-corrected chi connectivity index (χ2v) is 9.38. The van der Waals surface area contributed by atoms with Crippen molar-refractivity contribution in [2.75, 3.05) is 6.54 Å². The summed E-state index contributed by atoms with van der Waals surface area (Å²) >= 11 is 0. The van der Waals surface area contributed by atoms with Crippen LogP contribution in [0.1, 0.15) is 47.2 Å². The Labute approximate surface area is 231 Å². The number of rotatable bonds is 5. The van der Waals surface area contributed by atoms with Gasteiger partial charge in [-0.05, 0) is 55.6 Å². The fraction of sp³-hybridized carbons (Fsp3) is 0.156. The number of pyridine rings is 3. The van der Waals surface area contributed by atoms with Gasteiger partial charge in [0.1, 0.15) is 0 Å². The number of hydrogen-bond donors (Lipinski definition) is 2. The van der Waals surface area contributed by atoms with E-state index in [1.54, 1.807) is 36.0 Å². The van der Waals surface area contributed by atoms with E-state index in [4.69, 9.17) is 0 Å². The molecule has 1 unspecified atom stereocenters. The first kappa shape index (κ1) is 26.3. The normalized spacial score (nSPS) is 11.5. The van der Waals surface area contributed by atoms with Crippen LogP contribution in [0.5, 0.6) is 0 Å². The van der Waals surface area contributed by atoms with Crippen molar-refractivity contribution in [3.8, 4) is 17.5 Å². The van der Waals surface area contributed by atoms with Crippen molar-refractivity contribution in [1.29, 1.82) is 0 Å². The van der Waals surface area contributed by atoms with Crippen LogP contribution in [0.15, 0.2) is 83.9 Å². The molecule has 3 heterocycles. The topological polar surface area (TPSA) is 106 Å². The summed E-state index contributed by atoms with van der Waals surface area (Å²) in [5.74, 6) is 5.44. The van der Waals surface area contributed by atoms with Crippen molar-refractivity contribution in [1.82, 2.24) is 25.2 Å². The first-order valence-electron chi connectivity index (χ1n) is 12.8. The van der Waals surface area contributed by atoms with Crippen molar-refractivity contribution < 1.29 is 9.59 Å². The Kier molecular flexibility index (Phi) is 7.38. The highest BCUT2D eigenvalue weighted by Crippen LogP contribution is 2.24. The molecule has 198 valence electrons. The minimum Gasteiger partial charge on any atom is -0.345 e. The van der Waals surface area contributed by atoms with Gasteiger partial charge in [0.2, 0.25) is 5.91 Å². The molecule has 5 aromatic rings. The van der Waals surface area contributed by atoms with E-state index in [0.717, 1.165) is 5.39 Å². The Morgan fingerprint density at radius 1 is 1.00 bits per heavy atom. The second-order valence-electron chi connectivity index (χ2n) is 9.38. The summed E-state index contributed by atoms with van der Waals surface area (Å²) in [7, 11) is 0. The van der Waals surface area contributed by atoms with Crippen LogP contribution in [0.25, 0.3) is 27.4 Å². The molecule has 0 aliphatic heterocycles. The van der Waals surface area contributed by atoms with E-state index in [9.17, 15) is 14.4 Å². The fourth-order valence-electron chi connectivity index (χ4n) is 4.70. The van der Waals surface area contributed by atoms with Gasteiger partial charge >= 0.3 is 0 Å². The molecule has 0 bridgehead atoms. The van der Waals surface area contributed by atoms with Crippen molar-refractivity contribution >= 4 is 33.5 Å². The molecule has 2 amide bonds. The Bertz CT molecular complexity index is 1880. The van der Waals surface area contributed by atoms with Gasteiger partial charge in [-0.25, -0.2) is 0 Å². The quantitative estimate of drug-likeness (QED) is 0.332. The predicted molar refractivity (Wildman–Crippen MR) is 155 cm³/mol. The third-order valence-corrected chi connectivity index (χ3v) is 6.59. The van der Waals surface area contributed by atoms with Crippen LogP contribution in [0.2, 0.25) is 0 Å². The summed E-state index contributed by atoms with van der Waals surface area (Å²) in [5.41, 5.74) is 3.11. The number of aromatic nitrogens is 3. The molecule has 1 atom stereocenters. The van der Waals surface area contributed by atoms with Gasteiger partial charge in [0.05, 0.1) is 34.7 Å². The summed E-state index contributed by atoms with van der Waals surface area (Å²) in [4.78, 5) is 47.7. The molecular formula is C32H27N5O3. The van der Waals surface area contributed by atoms with Crippen LogP contribution >= 0.6 is 0 Å². The average Bonchev–Trinajstić information content (AvgIpc) is 2.95. The van der Waals surface area contributed by atoms with Gasteiger partial charge in [0, 0.05) is 41.6 Å². The fourth-order valence-corrected chi connectivity index (χ4v) is 4.70. The van der Waals surface area contributed by atoms with E-state index in [2.05, 4.69) is 32.4 Å². The maximum Gasteiger partial charge on any atom is 0.264 e. The van der Waals surface area contributed by atoms with Crippen molar-refractivity contribution in [2.45, 2.75) is 26.8 Å². The largest absolute Gasteiger partial charge is 0.345 e. The van der Waals surface area contributed by atoms with Crippen LogP contribution in [-0.2, 0) is 4.79 Å². The number of hydrogen-bond acceptors (Lipinski definition) is 5. The molecule has 3 aromatic heterocycles.